The summed E-state index contributed by atoms with van der Waals surface area (Å²) < 4.78 is 29.7. The zero-order valence-electron chi connectivity index (χ0n) is 14.4. The first kappa shape index (κ1) is 18.4. The van der Waals surface area contributed by atoms with E-state index in [1.54, 1.807) is 18.2 Å². The smallest absolute Gasteiger partial charge is 0.144 e. The molecular formula is C19H20ClFN2OS. The van der Waals surface area contributed by atoms with Crippen molar-refractivity contribution in [3.8, 4) is 11.3 Å². The third kappa shape index (κ3) is 4.60. The minimum absolute atomic E-state index is 0.299. The topological polar surface area (TPSA) is 48.3 Å². The van der Waals surface area contributed by atoms with E-state index in [1.807, 2.05) is 26.8 Å². The number of hydrogen-bond acceptors (Lipinski definition) is 3. The summed E-state index contributed by atoms with van der Waals surface area (Å²) in [6.45, 7) is 5.71. The number of hydrogen-bond donors (Lipinski definition) is 0. The van der Waals surface area contributed by atoms with Crippen LogP contribution >= 0.6 is 11.6 Å². The Morgan fingerprint density at radius 1 is 1.24 bits per heavy atom. The standard InChI is InChI=1S/C19H20ClFN2OS/c1-19(2,3)25(24)23-18(13-4-5-13)14-10-16(22-17(20)11-14)12-6-8-15(21)9-7-12/h6-11,13H,4-5H2,1-3H3/b23-18-. The molecule has 1 fully saturated rings. The lowest BCUT2D eigenvalue weighted by Gasteiger charge is -2.19. The van der Waals surface area contributed by atoms with Gasteiger partial charge in [0.05, 0.1) is 5.69 Å². The van der Waals surface area contributed by atoms with Gasteiger partial charge in [0.15, 0.2) is 0 Å². The molecule has 25 heavy (non-hydrogen) atoms. The molecule has 132 valence electrons. The highest BCUT2D eigenvalue weighted by atomic mass is 35.5. The molecular weight excluding hydrogens is 359 g/mol. The van der Waals surface area contributed by atoms with Gasteiger partial charge in [0.25, 0.3) is 0 Å². The Labute approximate surface area is 155 Å². The van der Waals surface area contributed by atoms with Crippen LogP contribution in [0.2, 0.25) is 5.15 Å². The second kappa shape index (κ2) is 7.06. The van der Waals surface area contributed by atoms with Gasteiger partial charge < -0.3 is 4.55 Å². The molecule has 1 unspecified atom stereocenters. The highest BCUT2D eigenvalue weighted by Crippen LogP contribution is 2.36. The summed E-state index contributed by atoms with van der Waals surface area (Å²) in [5, 5.41) is 0.340. The van der Waals surface area contributed by atoms with Crippen molar-refractivity contribution in [2.75, 3.05) is 0 Å². The van der Waals surface area contributed by atoms with Crippen molar-refractivity contribution >= 4 is 28.7 Å². The molecule has 1 heterocycles. The predicted molar refractivity (Wildman–Crippen MR) is 102 cm³/mol. The third-order valence-electron chi connectivity index (χ3n) is 3.90. The Bertz CT molecular complexity index is 798. The summed E-state index contributed by atoms with van der Waals surface area (Å²) in [6, 6.07) is 9.75. The summed E-state index contributed by atoms with van der Waals surface area (Å²) in [5.74, 6) is 0.0117. The summed E-state index contributed by atoms with van der Waals surface area (Å²) in [6.07, 6.45) is 2.07. The quantitative estimate of drug-likeness (QED) is 0.417. The molecule has 2 aromatic rings. The molecule has 3 nitrogen and oxygen atoms in total. The lowest BCUT2D eigenvalue weighted by molar-refractivity contribution is 0.561. The molecule has 1 saturated carbocycles. The second-order valence-corrected chi connectivity index (χ2v) is 9.48. The van der Waals surface area contributed by atoms with Gasteiger partial charge in [-0.1, -0.05) is 16.0 Å². The molecule has 0 spiro atoms. The van der Waals surface area contributed by atoms with Gasteiger partial charge in [-0.15, -0.1) is 0 Å². The van der Waals surface area contributed by atoms with Crippen molar-refractivity contribution in [3.05, 3.63) is 52.9 Å². The molecule has 1 aliphatic carbocycles. The van der Waals surface area contributed by atoms with E-state index in [9.17, 15) is 8.94 Å². The molecule has 1 atom stereocenters. The lowest BCUT2D eigenvalue weighted by atomic mass is 10.0. The fourth-order valence-electron chi connectivity index (χ4n) is 2.36. The van der Waals surface area contributed by atoms with Crippen molar-refractivity contribution in [2.45, 2.75) is 38.4 Å². The molecule has 0 aliphatic heterocycles. The molecule has 0 N–H and O–H groups in total. The van der Waals surface area contributed by atoms with Crippen LogP contribution in [0.3, 0.4) is 0 Å². The average Bonchev–Trinajstić information content (AvgIpc) is 3.36. The van der Waals surface area contributed by atoms with Crippen molar-refractivity contribution in [3.63, 3.8) is 0 Å². The van der Waals surface area contributed by atoms with E-state index in [0.29, 0.717) is 16.8 Å². The normalized spacial score (nSPS) is 16.8. The van der Waals surface area contributed by atoms with Crippen LogP contribution in [-0.4, -0.2) is 20.0 Å². The highest BCUT2D eigenvalue weighted by molar-refractivity contribution is 7.91. The molecule has 1 aliphatic rings. The molecule has 0 bridgehead atoms. The first-order valence-electron chi connectivity index (χ1n) is 8.18. The number of aromatic nitrogens is 1. The van der Waals surface area contributed by atoms with Gasteiger partial charge in [-0.25, -0.2) is 9.37 Å². The van der Waals surface area contributed by atoms with Crippen LogP contribution in [0.1, 0.15) is 39.2 Å². The van der Waals surface area contributed by atoms with Gasteiger partial charge in [-0.05, 0) is 70.0 Å². The minimum atomic E-state index is -1.33. The van der Waals surface area contributed by atoms with Crippen LogP contribution < -0.4 is 0 Å². The van der Waals surface area contributed by atoms with E-state index in [2.05, 4.69) is 9.38 Å². The monoisotopic (exact) mass is 378 g/mol. The van der Waals surface area contributed by atoms with Crippen molar-refractivity contribution in [2.24, 2.45) is 10.3 Å². The minimum Gasteiger partial charge on any atom is -0.591 e. The number of nitrogens with zero attached hydrogens (tertiary/aromatic N) is 2. The first-order valence-corrected chi connectivity index (χ1v) is 9.67. The Hall–Kier alpha value is -1.43. The van der Waals surface area contributed by atoms with Gasteiger partial charge in [-0.2, -0.15) is 0 Å². The zero-order valence-corrected chi connectivity index (χ0v) is 16.0. The first-order chi connectivity index (χ1) is 11.7. The van der Waals surface area contributed by atoms with Crippen LogP contribution in [0.15, 0.2) is 40.8 Å². The average molecular weight is 379 g/mol. The number of benzene rings is 1. The maximum Gasteiger partial charge on any atom is 0.144 e. The van der Waals surface area contributed by atoms with E-state index in [-0.39, 0.29) is 5.82 Å². The van der Waals surface area contributed by atoms with Crippen molar-refractivity contribution in [1.29, 1.82) is 0 Å². The maximum absolute atomic E-state index is 13.2. The Kier molecular flexibility index (Phi) is 5.19. The highest BCUT2D eigenvalue weighted by Gasteiger charge is 2.34. The molecule has 0 amide bonds. The SMILES string of the molecule is CC(C)(C)[S+]([O-])/N=C(\c1cc(Cl)nc(-c2ccc(F)cc2)c1)C1CC1. The summed E-state index contributed by atoms with van der Waals surface area (Å²) in [7, 11) is 0. The zero-order chi connectivity index (χ0) is 18.2. The lowest BCUT2D eigenvalue weighted by Crippen LogP contribution is -2.27. The predicted octanol–water partition coefficient (Wildman–Crippen LogP) is 5.20. The number of rotatable bonds is 4. The van der Waals surface area contributed by atoms with E-state index in [4.69, 9.17) is 11.6 Å². The summed E-state index contributed by atoms with van der Waals surface area (Å²) >= 11 is 4.88. The molecule has 1 aromatic carbocycles. The van der Waals surface area contributed by atoms with Gasteiger partial charge in [0.2, 0.25) is 0 Å². The Morgan fingerprint density at radius 2 is 1.88 bits per heavy atom. The van der Waals surface area contributed by atoms with Gasteiger partial charge >= 0.3 is 0 Å². The van der Waals surface area contributed by atoms with Gasteiger partial charge in [0.1, 0.15) is 32.8 Å². The molecule has 0 saturated heterocycles. The van der Waals surface area contributed by atoms with E-state index in [1.165, 1.54) is 12.1 Å². The van der Waals surface area contributed by atoms with Crippen molar-refractivity contribution in [1.82, 2.24) is 4.98 Å². The van der Waals surface area contributed by atoms with Crippen LogP contribution in [-0.2, 0) is 11.4 Å². The second-order valence-electron chi connectivity index (χ2n) is 7.18. The maximum atomic E-state index is 13.2. The molecule has 3 rings (SSSR count). The molecule has 0 radical (unpaired) electrons. The van der Waals surface area contributed by atoms with Crippen LogP contribution in [0.5, 0.6) is 0 Å². The number of pyridine rings is 1. The van der Waals surface area contributed by atoms with E-state index < -0.39 is 16.1 Å². The Balaban J connectivity index is 2.03. The molecule has 6 heteroatoms. The third-order valence-corrected chi connectivity index (χ3v) is 5.50. The largest absolute Gasteiger partial charge is 0.591 e. The van der Waals surface area contributed by atoms with E-state index >= 15 is 0 Å². The summed E-state index contributed by atoms with van der Waals surface area (Å²) in [5.41, 5.74) is 3.08. The van der Waals surface area contributed by atoms with Gasteiger partial charge in [0, 0.05) is 17.0 Å². The Morgan fingerprint density at radius 3 is 2.44 bits per heavy atom. The molecule has 1 aromatic heterocycles. The van der Waals surface area contributed by atoms with Crippen LogP contribution in [0.4, 0.5) is 4.39 Å². The summed E-state index contributed by atoms with van der Waals surface area (Å²) in [4.78, 5) is 4.34. The van der Waals surface area contributed by atoms with Crippen LogP contribution in [0.25, 0.3) is 11.3 Å². The van der Waals surface area contributed by atoms with Gasteiger partial charge in [-0.3, -0.25) is 0 Å². The fourth-order valence-corrected chi connectivity index (χ4v) is 3.27. The number of halogens is 2. The fraction of sp³-hybridized carbons (Fsp3) is 0.368. The van der Waals surface area contributed by atoms with Crippen LogP contribution in [0, 0.1) is 11.7 Å². The van der Waals surface area contributed by atoms with E-state index in [0.717, 1.165) is 29.7 Å². The van der Waals surface area contributed by atoms with Crippen molar-refractivity contribution < 1.29 is 8.94 Å².